The second-order valence-electron chi connectivity index (χ2n) is 11.0. The maximum Gasteiger partial charge on any atom is 2.00 e. The van der Waals surface area contributed by atoms with Crippen molar-refractivity contribution in [3.8, 4) is 0 Å². The van der Waals surface area contributed by atoms with E-state index in [1.54, 1.807) is 0 Å². The van der Waals surface area contributed by atoms with Crippen LogP contribution in [0.1, 0.15) is 88.1 Å². The maximum atomic E-state index is 13.6. The fourth-order valence-electron chi connectivity index (χ4n) is 6.70. The summed E-state index contributed by atoms with van der Waals surface area (Å²) in [6.07, 6.45) is 9.30. The Balaban J connectivity index is 0.00000337. The Labute approximate surface area is 255 Å². The Bertz CT molecular complexity index is 1830. The first-order valence-corrected chi connectivity index (χ1v) is 13.9. The van der Waals surface area contributed by atoms with E-state index in [9.17, 15) is 14.7 Å². The Morgan fingerprint density at radius 3 is 2.29 bits per heavy atom. The molecule has 7 nitrogen and oxygen atoms in total. The predicted octanol–water partition coefficient (Wildman–Crippen LogP) is 3.98. The van der Waals surface area contributed by atoms with Crippen LogP contribution < -0.4 is 25.7 Å². The molecule has 3 aromatic rings. The summed E-state index contributed by atoms with van der Waals surface area (Å²) in [5.41, 5.74) is 9.79. The molecule has 2 aliphatic heterocycles. The molecule has 8 bridgehead atoms. The minimum atomic E-state index is -1.31. The van der Waals surface area contributed by atoms with Crippen LogP contribution in [0.2, 0.25) is 0 Å². The van der Waals surface area contributed by atoms with Gasteiger partial charge in [-0.25, -0.2) is 0 Å². The third-order valence-corrected chi connectivity index (χ3v) is 9.00. The van der Waals surface area contributed by atoms with E-state index in [1.807, 2.05) is 38.2 Å². The molecule has 0 amide bonds. The molecular formula is C33H32MgN4O3-2. The summed E-state index contributed by atoms with van der Waals surface area (Å²) in [6.45, 7) is 16.2. The molecule has 0 saturated carbocycles. The van der Waals surface area contributed by atoms with Crippen molar-refractivity contribution in [2.75, 3.05) is 0 Å². The number of hydrogen-bond acceptors (Lipinski definition) is 2. The number of hydrogen-bond donors (Lipinski definition) is 1. The number of rotatable bonds is 4. The number of fused-ring (bicyclic) bond motifs is 7. The van der Waals surface area contributed by atoms with E-state index in [2.05, 4.69) is 34.3 Å². The van der Waals surface area contributed by atoms with Gasteiger partial charge in [0, 0.05) is 5.56 Å². The normalized spacial score (nSPS) is 25.4. The summed E-state index contributed by atoms with van der Waals surface area (Å²) in [7, 11) is 0. The van der Waals surface area contributed by atoms with E-state index >= 15 is 0 Å². The smallest absolute Gasteiger partial charge is 0.664 e. The van der Waals surface area contributed by atoms with E-state index in [-0.39, 0.29) is 34.9 Å². The Morgan fingerprint density at radius 2 is 1.66 bits per heavy atom. The van der Waals surface area contributed by atoms with Crippen molar-refractivity contribution in [1.82, 2.24) is 15.0 Å². The Kier molecular flexibility index (Phi) is 7.36. The van der Waals surface area contributed by atoms with Crippen LogP contribution in [0.25, 0.3) is 35.2 Å². The molecule has 1 fully saturated rings. The van der Waals surface area contributed by atoms with Crippen molar-refractivity contribution >= 4 is 64.7 Å². The van der Waals surface area contributed by atoms with Crippen molar-refractivity contribution in [2.24, 2.45) is 17.8 Å². The van der Waals surface area contributed by atoms with Crippen LogP contribution in [-0.2, 0) is 11.2 Å². The standard InChI is InChI=1S/C33H34N4O3.Mg/c1-8-18-14(4)21-11-23-16(6)20(10-3)30(36-23)28-29(33(39)40)32(38)27-17(7)24(37-31(27)28)13-26-19(9-2)15(5)22(35-26)12-25(18)34-21;/h8,11-13,16,20,29H,1,9-10H2,2-7H3,(H3,36,37,38,39,40);/q-2;+2/p-2/b22-12-,23-11-,26-13-;/t16-,20-,29+;/m0./s1. The summed E-state index contributed by atoms with van der Waals surface area (Å²) in [4.78, 5) is 41.0. The van der Waals surface area contributed by atoms with Gasteiger partial charge in [-0.2, -0.15) is 11.4 Å². The van der Waals surface area contributed by atoms with Crippen molar-refractivity contribution < 1.29 is 14.7 Å². The zero-order valence-electron chi connectivity index (χ0n) is 24.4. The average molecular weight is 557 g/mol. The van der Waals surface area contributed by atoms with Crippen LogP contribution in [0.4, 0.5) is 0 Å². The van der Waals surface area contributed by atoms with E-state index in [1.165, 1.54) is 0 Å². The number of ketones is 1. The molecular weight excluding hydrogens is 525 g/mol. The van der Waals surface area contributed by atoms with E-state index in [4.69, 9.17) is 20.3 Å². The Hall–Kier alpha value is -3.49. The first kappa shape index (κ1) is 29.0. The summed E-state index contributed by atoms with van der Waals surface area (Å²) < 4.78 is 0. The Morgan fingerprint density at radius 1 is 0.976 bits per heavy atom. The van der Waals surface area contributed by atoms with Crippen molar-refractivity contribution in [2.45, 2.75) is 54.4 Å². The van der Waals surface area contributed by atoms with Gasteiger partial charge in [-0.15, -0.1) is 33.5 Å². The average Bonchev–Trinajstić information content (AvgIpc) is 3.65. The number of allylic oxidation sites excluding steroid dienone is 2. The number of aliphatic carboxylic acids is 1. The topological polar surface area (TPSA) is 111 Å². The van der Waals surface area contributed by atoms with Gasteiger partial charge >= 0.3 is 29.0 Å². The molecule has 3 aromatic heterocycles. The van der Waals surface area contributed by atoms with E-state index in [0.29, 0.717) is 33.8 Å². The molecule has 41 heavy (non-hydrogen) atoms. The monoisotopic (exact) mass is 556 g/mol. The number of carbonyl (C=O) groups excluding carboxylic acids is 1. The first-order valence-electron chi connectivity index (χ1n) is 13.9. The van der Waals surface area contributed by atoms with Gasteiger partial charge in [0.05, 0.1) is 0 Å². The third-order valence-electron chi connectivity index (χ3n) is 9.00. The number of Topliss-reactive ketones (excluding diaryl/α,β-unsaturated/α-hetero) is 1. The molecule has 1 saturated heterocycles. The van der Waals surface area contributed by atoms with Gasteiger partial charge in [0.25, 0.3) is 0 Å². The summed E-state index contributed by atoms with van der Waals surface area (Å²) in [5, 5.41) is 16.9. The van der Waals surface area contributed by atoms with Crippen molar-refractivity contribution in [1.29, 1.82) is 0 Å². The molecule has 0 spiro atoms. The van der Waals surface area contributed by atoms with Gasteiger partial charge in [0.1, 0.15) is 5.92 Å². The van der Waals surface area contributed by atoms with Crippen LogP contribution in [0.3, 0.4) is 0 Å². The van der Waals surface area contributed by atoms with Crippen LogP contribution in [-0.4, -0.2) is 39.9 Å². The molecule has 3 atom stereocenters. The quantitative estimate of drug-likeness (QED) is 0.384. The molecule has 0 radical (unpaired) electrons. The van der Waals surface area contributed by atoms with Gasteiger partial charge in [-0.3, -0.25) is 9.59 Å². The minimum Gasteiger partial charge on any atom is -0.664 e. The fraction of sp³-hybridized carbons (Fsp3) is 0.333. The number of carboxylic acids is 1. The molecule has 5 heterocycles. The zero-order chi connectivity index (χ0) is 28.6. The van der Waals surface area contributed by atoms with Gasteiger partial charge in [0.2, 0.25) is 0 Å². The predicted molar refractivity (Wildman–Crippen MR) is 162 cm³/mol. The number of nitrogens with zero attached hydrogens (tertiary/aromatic N) is 4. The minimum absolute atomic E-state index is 0. The van der Waals surface area contributed by atoms with Gasteiger partial charge in [-0.05, 0) is 44.6 Å². The molecule has 3 aliphatic rings. The van der Waals surface area contributed by atoms with E-state index < -0.39 is 17.7 Å². The summed E-state index contributed by atoms with van der Waals surface area (Å²) in [5.74, 6) is -2.93. The number of carboxylic acid groups (broad SMARTS) is 1. The SMILES string of the molecule is C=Cc1c2[n-]c(c1C)/C=C1\[N-]/C(=C3\c4[n-]c(c(C)c4C(=O)[C@@H]3C(=O)O)/C=c3\[n-]/c(c(C)c3CC)=C\2)[C@@H](CC)[C@@H]1C.[Mg+2]. The van der Waals surface area contributed by atoms with E-state index in [0.717, 1.165) is 62.9 Å². The molecule has 6 rings (SSSR count). The van der Waals surface area contributed by atoms with Crippen molar-refractivity contribution in [3.63, 3.8) is 0 Å². The number of carbonyl (C=O) groups is 2. The molecule has 206 valence electrons. The first-order chi connectivity index (χ1) is 19.1. The fourth-order valence-corrected chi connectivity index (χ4v) is 6.70. The zero-order valence-corrected chi connectivity index (χ0v) is 25.8. The van der Waals surface area contributed by atoms with Crippen LogP contribution in [0.5, 0.6) is 0 Å². The molecule has 1 aliphatic carbocycles. The van der Waals surface area contributed by atoms with Crippen LogP contribution in [0, 0.1) is 38.5 Å². The van der Waals surface area contributed by atoms with Crippen LogP contribution in [0.15, 0.2) is 18.0 Å². The third kappa shape index (κ3) is 4.14. The molecule has 8 heteroatoms. The summed E-state index contributed by atoms with van der Waals surface area (Å²) >= 11 is 0. The molecule has 0 aromatic carbocycles. The van der Waals surface area contributed by atoms with Crippen LogP contribution >= 0.6 is 0 Å². The van der Waals surface area contributed by atoms with Gasteiger partial charge in [0.15, 0.2) is 5.78 Å². The van der Waals surface area contributed by atoms with Gasteiger partial charge < -0.3 is 25.4 Å². The maximum absolute atomic E-state index is 13.6. The molecule has 0 unspecified atom stereocenters. The van der Waals surface area contributed by atoms with Crippen molar-refractivity contribution in [3.05, 3.63) is 90.1 Å². The largest absolute Gasteiger partial charge is 2.00 e. The summed E-state index contributed by atoms with van der Waals surface area (Å²) in [6, 6.07) is 0. The second-order valence-corrected chi connectivity index (χ2v) is 11.0. The second kappa shape index (κ2) is 10.4. The molecule has 1 N–H and O–H groups in total. The number of aromatic nitrogens is 3. The van der Waals surface area contributed by atoms with Gasteiger partial charge in [-0.1, -0.05) is 85.9 Å².